The molecule has 1 N–H and O–H groups in total. The molecule has 2 heterocycles. The van der Waals surface area contributed by atoms with Crippen LogP contribution in [0.1, 0.15) is 33.0 Å². The Morgan fingerprint density at radius 3 is 2.50 bits per heavy atom. The van der Waals surface area contributed by atoms with Crippen molar-refractivity contribution in [2.45, 2.75) is 34.3 Å². The first-order chi connectivity index (χ1) is 8.51. The average Bonchev–Trinajstić information content (AvgIpc) is 2.77. The quantitative estimate of drug-likeness (QED) is 0.901. The zero-order valence-electron chi connectivity index (χ0n) is 11.0. The minimum absolute atomic E-state index is 0.0326. The topological polar surface area (TPSA) is 49.0 Å². The van der Waals surface area contributed by atoms with Gasteiger partial charge in [-0.1, -0.05) is 0 Å². The molecule has 0 saturated heterocycles. The van der Waals surface area contributed by atoms with Crippen molar-refractivity contribution < 1.29 is 5.11 Å². The summed E-state index contributed by atoms with van der Waals surface area (Å²) in [5, 5.41) is 19.6. The summed E-state index contributed by atoms with van der Waals surface area (Å²) in [5.41, 5.74) is 4.77. The number of aliphatic hydroxyl groups is 1. The van der Waals surface area contributed by atoms with Gasteiger partial charge < -0.3 is 9.67 Å². The standard InChI is InChI=1S/C14H16N2OS/c1-8-5-12(7-17)10(3)16(8)14-13(6-15)9(2)11(4)18-14/h5,17H,7H2,1-4H3. The molecule has 0 bridgehead atoms. The highest BCUT2D eigenvalue weighted by molar-refractivity contribution is 7.14. The number of aryl methyl sites for hydroxylation is 2. The molecule has 0 fully saturated rings. The lowest BCUT2D eigenvalue weighted by atomic mass is 10.2. The third-order valence-corrected chi connectivity index (χ3v) is 4.58. The fourth-order valence-corrected chi connectivity index (χ4v) is 3.42. The third-order valence-electron chi connectivity index (χ3n) is 3.39. The molecule has 0 aliphatic heterocycles. The van der Waals surface area contributed by atoms with E-state index in [-0.39, 0.29) is 6.61 Å². The molecule has 0 saturated carbocycles. The Bertz CT molecular complexity index is 644. The fourth-order valence-electron chi connectivity index (χ4n) is 2.20. The van der Waals surface area contributed by atoms with E-state index in [1.165, 1.54) is 4.88 Å². The lowest BCUT2D eigenvalue weighted by Crippen LogP contribution is -1.99. The zero-order chi connectivity index (χ0) is 13.4. The van der Waals surface area contributed by atoms with Crippen molar-refractivity contribution in [3.05, 3.63) is 39.0 Å². The van der Waals surface area contributed by atoms with E-state index in [2.05, 4.69) is 10.6 Å². The first-order valence-electron chi connectivity index (χ1n) is 5.80. The molecular weight excluding hydrogens is 244 g/mol. The Hall–Kier alpha value is -1.57. The number of hydrogen-bond donors (Lipinski definition) is 1. The van der Waals surface area contributed by atoms with E-state index in [0.717, 1.165) is 33.1 Å². The molecule has 0 radical (unpaired) electrons. The van der Waals surface area contributed by atoms with E-state index in [1.807, 2.05) is 33.8 Å². The summed E-state index contributed by atoms with van der Waals surface area (Å²) in [5.74, 6) is 0. The molecule has 3 nitrogen and oxygen atoms in total. The van der Waals surface area contributed by atoms with Gasteiger partial charge in [-0.2, -0.15) is 5.26 Å². The second-order valence-corrected chi connectivity index (χ2v) is 5.67. The molecule has 0 atom stereocenters. The van der Waals surface area contributed by atoms with Gasteiger partial charge in [-0.25, -0.2) is 0 Å². The summed E-state index contributed by atoms with van der Waals surface area (Å²) in [4.78, 5) is 1.17. The largest absolute Gasteiger partial charge is 0.392 e. The predicted molar refractivity (Wildman–Crippen MR) is 73.2 cm³/mol. The second kappa shape index (κ2) is 4.60. The van der Waals surface area contributed by atoms with Gasteiger partial charge in [0.25, 0.3) is 0 Å². The van der Waals surface area contributed by atoms with Gasteiger partial charge in [0.1, 0.15) is 11.1 Å². The van der Waals surface area contributed by atoms with E-state index >= 15 is 0 Å². The number of nitriles is 1. The number of thiophene rings is 1. The van der Waals surface area contributed by atoms with Crippen molar-refractivity contribution >= 4 is 11.3 Å². The van der Waals surface area contributed by atoms with Crippen molar-refractivity contribution in [1.29, 1.82) is 5.26 Å². The van der Waals surface area contributed by atoms with Crippen LogP contribution in [-0.4, -0.2) is 9.67 Å². The van der Waals surface area contributed by atoms with Crippen molar-refractivity contribution in [3.8, 4) is 11.1 Å². The van der Waals surface area contributed by atoms with Crippen LogP contribution in [0.4, 0.5) is 0 Å². The van der Waals surface area contributed by atoms with Crippen molar-refractivity contribution in [2.24, 2.45) is 0 Å². The highest BCUT2D eigenvalue weighted by Crippen LogP contribution is 2.33. The summed E-state index contributed by atoms with van der Waals surface area (Å²) in [6, 6.07) is 4.27. The second-order valence-electron chi connectivity index (χ2n) is 4.47. The normalized spacial score (nSPS) is 10.7. The Morgan fingerprint density at radius 2 is 2.00 bits per heavy atom. The van der Waals surface area contributed by atoms with E-state index in [4.69, 9.17) is 0 Å². The predicted octanol–water partition coefficient (Wildman–Crippen LogP) is 3.14. The van der Waals surface area contributed by atoms with Crippen LogP contribution < -0.4 is 0 Å². The number of rotatable bonds is 2. The summed E-state index contributed by atoms with van der Waals surface area (Å²) < 4.78 is 2.06. The molecule has 2 aromatic rings. The lowest BCUT2D eigenvalue weighted by molar-refractivity contribution is 0.281. The van der Waals surface area contributed by atoms with Crippen LogP contribution in [0.15, 0.2) is 6.07 Å². The zero-order valence-corrected chi connectivity index (χ0v) is 11.9. The highest BCUT2D eigenvalue weighted by atomic mass is 32.1. The van der Waals surface area contributed by atoms with Crippen LogP contribution in [0.2, 0.25) is 0 Å². The van der Waals surface area contributed by atoms with E-state index in [9.17, 15) is 10.4 Å². The lowest BCUT2D eigenvalue weighted by Gasteiger charge is -2.07. The number of aromatic nitrogens is 1. The summed E-state index contributed by atoms with van der Waals surface area (Å²) in [6.45, 7) is 8.02. The van der Waals surface area contributed by atoms with Gasteiger partial charge in [0.05, 0.1) is 12.2 Å². The van der Waals surface area contributed by atoms with Crippen LogP contribution in [-0.2, 0) is 6.61 Å². The van der Waals surface area contributed by atoms with Crippen LogP contribution in [0.5, 0.6) is 0 Å². The molecule has 2 rings (SSSR count). The monoisotopic (exact) mass is 260 g/mol. The molecule has 0 aromatic carbocycles. The fraction of sp³-hybridized carbons (Fsp3) is 0.357. The Kier molecular flexibility index (Phi) is 3.29. The van der Waals surface area contributed by atoms with Gasteiger partial charge in [0.15, 0.2) is 0 Å². The maximum atomic E-state index is 9.31. The van der Waals surface area contributed by atoms with Crippen molar-refractivity contribution in [3.63, 3.8) is 0 Å². The summed E-state index contributed by atoms with van der Waals surface area (Å²) in [7, 11) is 0. The minimum Gasteiger partial charge on any atom is -0.392 e. The van der Waals surface area contributed by atoms with Gasteiger partial charge in [-0.3, -0.25) is 0 Å². The van der Waals surface area contributed by atoms with Gasteiger partial charge in [-0.05, 0) is 44.9 Å². The SMILES string of the molecule is Cc1sc(-n2c(C)cc(CO)c2C)c(C#N)c1C. The smallest absolute Gasteiger partial charge is 0.118 e. The van der Waals surface area contributed by atoms with Crippen LogP contribution in [0.25, 0.3) is 5.00 Å². The number of hydrogen-bond acceptors (Lipinski definition) is 3. The van der Waals surface area contributed by atoms with Gasteiger partial charge in [0.2, 0.25) is 0 Å². The van der Waals surface area contributed by atoms with Crippen LogP contribution >= 0.6 is 11.3 Å². The van der Waals surface area contributed by atoms with Crippen LogP contribution in [0.3, 0.4) is 0 Å². The summed E-state index contributed by atoms with van der Waals surface area (Å²) >= 11 is 1.63. The Labute approximate surface area is 111 Å². The molecule has 0 amide bonds. The molecule has 0 unspecified atom stereocenters. The molecule has 2 aromatic heterocycles. The van der Waals surface area contributed by atoms with Crippen molar-refractivity contribution in [1.82, 2.24) is 4.57 Å². The minimum atomic E-state index is 0.0326. The molecular formula is C14H16N2OS. The number of aliphatic hydroxyl groups excluding tert-OH is 1. The molecule has 0 spiro atoms. The Morgan fingerprint density at radius 1 is 1.33 bits per heavy atom. The van der Waals surface area contributed by atoms with E-state index < -0.39 is 0 Å². The van der Waals surface area contributed by atoms with Gasteiger partial charge in [-0.15, -0.1) is 11.3 Å². The number of nitrogens with zero attached hydrogens (tertiary/aromatic N) is 2. The molecule has 4 heteroatoms. The first kappa shape index (κ1) is 12.9. The molecule has 0 aliphatic carbocycles. The average molecular weight is 260 g/mol. The molecule has 0 aliphatic rings. The maximum Gasteiger partial charge on any atom is 0.118 e. The maximum absolute atomic E-state index is 9.31. The molecule has 94 valence electrons. The Balaban J connectivity index is 2.74. The van der Waals surface area contributed by atoms with Crippen LogP contribution in [0, 0.1) is 39.0 Å². The van der Waals surface area contributed by atoms with Gasteiger partial charge >= 0.3 is 0 Å². The third kappa shape index (κ3) is 1.76. The molecule has 18 heavy (non-hydrogen) atoms. The van der Waals surface area contributed by atoms with E-state index in [0.29, 0.717) is 0 Å². The van der Waals surface area contributed by atoms with Crippen molar-refractivity contribution in [2.75, 3.05) is 0 Å². The van der Waals surface area contributed by atoms with E-state index in [1.54, 1.807) is 11.3 Å². The summed E-state index contributed by atoms with van der Waals surface area (Å²) in [6.07, 6.45) is 0. The van der Waals surface area contributed by atoms with Gasteiger partial charge in [0, 0.05) is 16.3 Å². The first-order valence-corrected chi connectivity index (χ1v) is 6.62. The highest BCUT2D eigenvalue weighted by Gasteiger charge is 2.18.